The van der Waals surface area contributed by atoms with Crippen LogP contribution in [0.2, 0.25) is 39.3 Å². The molecular weight excluding hydrogens is 688 g/mol. The molecule has 0 unspecified atom stereocenters. The van der Waals surface area contributed by atoms with Gasteiger partial charge in [0.25, 0.3) is 6.71 Å². The lowest BCUT2D eigenvalue weighted by molar-refractivity contribution is 1.23. The summed E-state index contributed by atoms with van der Waals surface area (Å²) in [5.41, 5.74) is 16.6. The van der Waals surface area contributed by atoms with E-state index in [0.29, 0.717) is 0 Å². The van der Waals surface area contributed by atoms with Crippen molar-refractivity contribution in [3.63, 3.8) is 0 Å². The summed E-state index contributed by atoms with van der Waals surface area (Å²) in [6.07, 6.45) is 3.79. The van der Waals surface area contributed by atoms with Gasteiger partial charge in [-0.15, -0.1) is 0 Å². The Kier molecular flexibility index (Phi) is 8.14. The van der Waals surface area contributed by atoms with Gasteiger partial charge in [0.1, 0.15) is 0 Å². The highest BCUT2D eigenvalue weighted by Crippen LogP contribution is 2.47. The van der Waals surface area contributed by atoms with Gasteiger partial charge in [0.05, 0.1) is 38.9 Å². The Balaban J connectivity index is 1.40. The quantitative estimate of drug-likeness (QED) is 0.160. The molecule has 264 valence electrons. The Morgan fingerprint density at radius 2 is 0.870 bits per heavy atom. The molecule has 7 heteroatoms. The van der Waals surface area contributed by atoms with E-state index < -0.39 is 16.1 Å². The van der Waals surface area contributed by atoms with Crippen LogP contribution in [-0.2, 0) is 0 Å². The fourth-order valence-electron chi connectivity index (χ4n) is 8.39. The van der Waals surface area contributed by atoms with Crippen molar-refractivity contribution in [3.05, 3.63) is 151 Å². The third kappa shape index (κ3) is 5.65. The van der Waals surface area contributed by atoms with Crippen LogP contribution in [0.25, 0.3) is 22.5 Å². The maximum Gasteiger partial charge on any atom is 0.252 e. The Morgan fingerprint density at radius 3 is 1.28 bits per heavy atom. The molecule has 54 heavy (non-hydrogen) atoms. The fraction of sp³-hybridized carbons (Fsp3) is 0.149. The van der Waals surface area contributed by atoms with Crippen LogP contribution in [0.3, 0.4) is 0 Å². The molecule has 0 bridgehead atoms. The molecule has 2 aliphatic heterocycles. The average molecular weight is 733 g/mol. The Morgan fingerprint density at radius 1 is 0.444 bits per heavy atom. The zero-order valence-corrected chi connectivity index (χ0v) is 34.2. The number of para-hydroxylation sites is 2. The smallest absolute Gasteiger partial charge is 0.252 e. The van der Waals surface area contributed by atoms with Crippen LogP contribution < -0.4 is 36.6 Å². The molecule has 7 aromatic rings. The fourth-order valence-corrected chi connectivity index (χ4v) is 10.7. The Labute approximate surface area is 322 Å². The first-order valence-electron chi connectivity index (χ1n) is 19.0. The lowest BCUT2D eigenvalue weighted by Gasteiger charge is -2.45. The van der Waals surface area contributed by atoms with E-state index in [0.717, 1.165) is 33.9 Å². The zero-order valence-electron chi connectivity index (χ0n) is 32.2. The molecule has 0 saturated heterocycles. The van der Waals surface area contributed by atoms with Gasteiger partial charge in [-0.05, 0) is 89.5 Å². The number of anilines is 6. The van der Waals surface area contributed by atoms with Crippen LogP contribution in [0.5, 0.6) is 0 Å². The molecule has 2 aromatic heterocycles. The summed E-state index contributed by atoms with van der Waals surface area (Å²) in [5, 5.41) is 2.91. The number of hydrogen-bond acceptors (Lipinski definition) is 4. The van der Waals surface area contributed by atoms with Gasteiger partial charge in [-0.3, -0.25) is 9.97 Å². The SMILES string of the molecule is Cc1cc2c3c(c1)N(c1ccccc1-c1ccccn1)c1cc([Si](C)(C)C)ccc1B3c1ccc([Si](C)(C)C)cc1N2c1ccccc1-c1ccccn1. The molecule has 0 atom stereocenters. The van der Waals surface area contributed by atoms with Gasteiger partial charge in [0.2, 0.25) is 0 Å². The highest BCUT2D eigenvalue weighted by atomic mass is 28.3. The number of rotatable bonds is 6. The van der Waals surface area contributed by atoms with Crippen molar-refractivity contribution in [2.75, 3.05) is 9.80 Å². The topological polar surface area (TPSA) is 32.3 Å². The number of nitrogens with zero attached hydrogens (tertiary/aromatic N) is 4. The summed E-state index contributed by atoms with van der Waals surface area (Å²) < 4.78 is 0. The lowest BCUT2D eigenvalue weighted by Crippen LogP contribution is -2.62. The highest BCUT2D eigenvalue weighted by molar-refractivity contribution is 7.01. The van der Waals surface area contributed by atoms with Crippen molar-refractivity contribution in [1.29, 1.82) is 0 Å². The molecule has 0 aliphatic carbocycles. The molecule has 0 radical (unpaired) electrons. The number of aryl methyl sites for hydroxylation is 1. The first-order valence-corrected chi connectivity index (χ1v) is 26.0. The summed E-state index contributed by atoms with van der Waals surface area (Å²) in [5.74, 6) is 0. The summed E-state index contributed by atoms with van der Waals surface area (Å²) in [6.45, 7) is 17.0. The van der Waals surface area contributed by atoms with Crippen molar-refractivity contribution >= 4 is 83.7 Å². The standard InChI is InChI=1S/C47H45BN4Si2/c1-32-28-45-47-46(29-32)52(42-21-11-9-17-36(42)40-19-13-15-27-50-40)44-31-34(54(5,6)7)23-25-38(44)48(47)37-24-22-33(53(2,3)4)30-43(37)51(45)41-20-10-8-16-35(41)39-18-12-14-26-49-39/h8-31H,1-7H3. The third-order valence-corrected chi connectivity index (χ3v) is 15.2. The molecule has 0 saturated carbocycles. The summed E-state index contributed by atoms with van der Waals surface area (Å²) in [7, 11) is -3.35. The largest absolute Gasteiger partial charge is 0.311 e. The van der Waals surface area contributed by atoms with E-state index in [1.165, 1.54) is 55.1 Å². The van der Waals surface area contributed by atoms with Gasteiger partial charge >= 0.3 is 0 Å². The molecule has 5 aromatic carbocycles. The Hall–Kier alpha value is -5.50. The van der Waals surface area contributed by atoms with E-state index in [1.54, 1.807) is 0 Å². The van der Waals surface area contributed by atoms with Crippen LogP contribution >= 0.6 is 0 Å². The molecule has 2 aliphatic rings. The maximum atomic E-state index is 4.87. The molecule has 0 spiro atoms. The number of pyridine rings is 2. The second kappa shape index (κ2) is 12.8. The van der Waals surface area contributed by atoms with Gasteiger partial charge in [-0.25, -0.2) is 0 Å². The van der Waals surface area contributed by atoms with Crippen molar-refractivity contribution in [1.82, 2.24) is 9.97 Å². The molecule has 9 rings (SSSR count). The number of fused-ring (bicyclic) bond motifs is 4. The van der Waals surface area contributed by atoms with Crippen molar-refractivity contribution in [2.45, 2.75) is 46.2 Å². The van der Waals surface area contributed by atoms with E-state index >= 15 is 0 Å². The van der Waals surface area contributed by atoms with Gasteiger partial charge in [0.15, 0.2) is 0 Å². The normalized spacial score (nSPS) is 13.4. The lowest BCUT2D eigenvalue weighted by atomic mass is 9.33. The molecule has 4 nitrogen and oxygen atoms in total. The van der Waals surface area contributed by atoms with E-state index in [1.807, 2.05) is 24.5 Å². The minimum Gasteiger partial charge on any atom is -0.311 e. The first-order chi connectivity index (χ1) is 26.0. The number of aromatic nitrogens is 2. The van der Waals surface area contributed by atoms with Crippen LogP contribution in [0.1, 0.15) is 5.56 Å². The third-order valence-electron chi connectivity index (χ3n) is 11.1. The van der Waals surface area contributed by atoms with Crippen molar-refractivity contribution in [2.24, 2.45) is 0 Å². The van der Waals surface area contributed by atoms with Crippen molar-refractivity contribution in [3.8, 4) is 22.5 Å². The predicted molar refractivity (Wildman–Crippen MR) is 238 cm³/mol. The number of benzene rings is 5. The predicted octanol–water partition coefficient (Wildman–Crippen LogP) is 9.29. The van der Waals surface area contributed by atoms with Crippen LogP contribution in [0, 0.1) is 6.92 Å². The second-order valence-corrected chi connectivity index (χ2v) is 27.0. The molecule has 0 amide bonds. The maximum absolute atomic E-state index is 4.87. The minimum absolute atomic E-state index is 0.0588. The summed E-state index contributed by atoms with van der Waals surface area (Å²) in [4.78, 5) is 14.8. The molecule has 4 heterocycles. The molecule has 0 fully saturated rings. The van der Waals surface area contributed by atoms with Crippen molar-refractivity contribution < 1.29 is 0 Å². The molecule has 0 N–H and O–H groups in total. The van der Waals surface area contributed by atoms with E-state index in [9.17, 15) is 0 Å². The minimum atomic E-state index is -1.67. The summed E-state index contributed by atoms with van der Waals surface area (Å²) >= 11 is 0. The zero-order chi connectivity index (χ0) is 37.4. The summed E-state index contributed by atoms with van der Waals surface area (Å²) in [6, 6.07) is 49.6. The second-order valence-electron chi connectivity index (χ2n) is 16.8. The van der Waals surface area contributed by atoms with E-state index in [2.05, 4.69) is 177 Å². The van der Waals surface area contributed by atoms with Gasteiger partial charge < -0.3 is 9.80 Å². The first kappa shape index (κ1) is 34.3. The highest BCUT2D eigenvalue weighted by Gasteiger charge is 2.44. The van der Waals surface area contributed by atoms with E-state index in [4.69, 9.17) is 9.97 Å². The monoisotopic (exact) mass is 732 g/mol. The van der Waals surface area contributed by atoms with Crippen LogP contribution in [0.15, 0.2) is 146 Å². The van der Waals surface area contributed by atoms with Crippen LogP contribution in [-0.4, -0.2) is 32.8 Å². The van der Waals surface area contributed by atoms with Gasteiger partial charge in [-0.1, -0.05) is 122 Å². The van der Waals surface area contributed by atoms with Gasteiger partial charge in [0, 0.05) is 46.3 Å². The van der Waals surface area contributed by atoms with Crippen LogP contribution in [0.4, 0.5) is 34.1 Å². The Bertz CT molecular complexity index is 2390. The van der Waals surface area contributed by atoms with Gasteiger partial charge in [-0.2, -0.15) is 0 Å². The average Bonchev–Trinajstić information content (AvgIpc) is 3.17. The number of hydrogen-bond donors (Lipinski definition) is 0. The molecular formula is C47H45BN4Si2. The van der Waals surface area contributed by atoms with E-state index in [-0.39, 0.29) is 6.71 Å².